The lowest BCUT2D eigenvalue weighted by atomic mass is 10.0. The summed E-state index contributed by atoms with van der Waals surface area (Å²) < 4.78 is 20.0. The van der Waals surface area contributed by atoms with E-state index in [1.807, 2.05) is 65.3 Å². The third kappa shape index (κ3) is 3.87. The maximum atomic E-state index is 6.27. The molecule has 4 aromatic carbocycles. The number of methoxy groups -OCH3 is 2. The number of rotatable bonds is 8. The third-order valence-corrected chi connectivity index (χ3v) is 5.81. The fourth-order valence-electron chi connectivity index (χ4n) is 4.32. The van der Waals surface area contributed by atoms with Gasteiger partial charge in [0.2, 0.25) is 5.88 Å². The second-order valence-electron chi connectivity index (χ2n) is 7.83. The lowest BCUT2D eigenvalue weighted by Gasteiger charge is -2.14. The van der Waals surface area contributed by atoms with Crippen LogP contribution in [0.15, 0.2) is 84.9 Å². The fourth-order valence-corrected chi connectivity index (χ4v) is 4.32. The fraction of sp³-hybridized carbons (Fsp3) is 0.179. The number of aryl methyl sites for hydroxylation is 1. The van der Waals surface area contributed by atoms with Crippen molar-refractivity contribution in [1.29, 1.82) is 0 Å². The molecule has 0 aliphatic rings. The molecule has 5 aromatic rings. The first kappa shape index (κ1) is 20.9. The van der Waals surface area contributed by atoms with E-state index >= 15 is 0 Å². The molecule has 5 nitrogen and oxygen atoms in total. The Bertz CT molecular complexity index is 1380. The predicted octanol–water partition coefficient (Wildman–Crippen LogP) is 6.21. The van der Waals surface area contributed by atoms with Gasteiger partial charge in [0.15, 0.2) is 5.75 Å². The lowest BCUT2D eigenvalue weighted by molar-refractivity contribution is 0.299. The van der Waals surface area contributed by atoms with Gasteiger partial charge in [0.25, 0.3) is 0 Å². The molecule has 0 unspecified atom stereocenters. The molecular weight excluding hydrogens is 412 g/mol. The largest absolute Gasteiger partial charge is 0.495 e. The topological polar surface area (TPSA) is 45.5 Å². The smallest absolute Gasteiger partial charge is 0.245 e. The average Bonchev–Trinajstić information content (AvgIpc) is 3.25. The van der Waals surface area contributed by atoms with Crippen LogP contribution in [0, 0.1) is 0 Å². The Hall–Kier alpha value is -3.99. The molecule has 0 fully saturated rings. The van der Waals surface area contributed by atoms with Crippen molar-refractivity contribution in [2.24, 2.45) is 0 Å². The van der Waals surface area contributed by atoms with Gasteiger partial charge in [-0.25, -0.2) is 4.68 Å². The summed E-state index contributed by atoms with van der Waals surface area (Å²) in [6, 6.07) is 28.5. The van der Waals surface area contributed by atoms with Crippen LogP contribution in [0.3, 0.4) is 0 Å². The van der Waals surface area contributed by atoms with E-state index in [2.05, 4.69) is 24.3 Å². The van der Waals surface area contributed by atoms with Gasteiger partial charge in [-0.15, -0.1) is 5.10 Å². The van der Waals surface area contributed by atoms with E-state index in [1.54, 1.807) is 14.2 Å². The molecule has 1 heterocycles. The van der Waals surface area contributed by atoms with Crippen LogP contribution in [0.1, 0.15) is 12.0 Å². The van der Waals surface area contributed by atoms with E-state index in [0.29, 0.717) is 12.5 Å². The van der Waals surface area contributed by atoms with E-state index in [0.717, 1.165) is 51.7 Å². The van der Waals surface area contributed by atoms with E-state index < -0.39 is 0 Å². The second-order valence-corrected chi connectivity index (χ2v) is 7.83. The SMILES string of the molecule is COc1c2ccccc2c(OC)c2c1c(OCCCc1ccccc1)nn2-c1ccccc1. The van der Waals surface area contributed by atoms with Gasteiger partial charge in [-0.3, -0.25) is 0 Å². The number of hydrogen-bond acceptors (Lipinski definition) is 4. The van der Waals surface area contributed by atoms with E-state index in [9.17, 15) is 0 Å². The van der Waals surface area contributed by atoms with Crippen LogP contribution >= 0.6 is 0 Å². The summed E-state index contributed by atoms with van der Waals surface area (Å²) in [5.74, 6) is 2.03. The van der Waals surface area contributed by atoms with Crippen molar-refractivity contribution in [2.75, 3.05) is 20.8 Å². The zero-order valence-electron chi connectivity index (χ0n) is 18.8. The Morgan fingerprint density at radius 3 is 2.00 bits per heavy atom. The monoisotopic (exact) mass is 438 g/mol. The number of benzene rings is 4. The number of nitrogens with zero attached hydrogens (tertiary/aromatic N) is 2. The highest BCUT2D eigenvalue weighted by atomic mass is 16.5. The molecule has 0 saturated heterocycles. The van der Waals surface area contributed by atoms with Crippen molar-refractivity contribution in [3.05, 3.63) is 90.5 Å². The zero-order valence-corrected chi connectivity index (χ0v) is 18.8. The zero-order chi connectivity index (χ0) is 22.6. The molecule has 0 atom stereocenters. The molecule has 0 aliphatic heterocycles. The van der Waals surface area contributed by atoms with Crippen molar-refractivity contribution in [1.82, 2.24) is 9.78 Å². The summed E-state index contributed by atoms with van der Waals surface area (Å²) >= 11 is 0. The minimum absolute atomic E-state index is 0.544. The summed E-state index contributed by atoms with van der Waals surface area (Å²) in [5, 5.41) is 7.63. The van der Waals surface area contributed by atoms with Crippen molar-refractivity contribution in [3.63, 3.8) is 0 Å². The number of para-hydroxylation sites is 1. The third-order valence-electron chi connectivity index (χ3n) is 5.81. The van der Waals surface area contributed by atoms with Crippen molar-refractivity contribution < 1.29 is 14.2 Å². The Balaban J connectivity index is 1.63. The molecule has 5 heteroatoms. The van der Waals surface area contributed by atoms with Gasteiger partial charge in [-0.2, -0.15) is 0 Å². The van der Waals surface area contributed by atoms with Gasteiger partial charge in [-0.1, -0.05) is 72.8 Å². The maximum absolute atomic E-state index is 6.27. The first-order valence-electron chi connectivity index (χ1n) is 11.1. The Labute approximate surface area is 193 Å². The first-order chi connectivity index (χ1) is 16.3. The molecule has 0 spiro atoms. The second kappa shape index (κ2) is 9.25. The average molecular weight is 439 g/mol. The molecule has 166 valence electrons. The molecule has 1 aromatic heterocycles. The molecule has 0 aliphatic carbocycles. The lowest BCUT2D eigenvalue weighted by Crippen LogP contribution is -2.01. The van der Waals surface area contributed by atoms with E-state index in [-0.39, 0.29) is 0 Å². The highest BCUT2D eigenvalue weighted by Gasteiger charge is 2.25. The van der Waals surface area contributed by atoms with Crippen molar-refractivity contribution >= 4 is 21.7 Å². The summed E-state index contributed by atoms with van der Waals surface area (Å²) in [6.07, 6.45) is 1.83. The molecule has 0 saturated carbocycles. The summed E-state index contributed by atoms with van der Waals surface area (Å²) in [4.78, 5) is 0. The molecule has 0 bridgehead atoms. The van der Waals surface area contributed by atoms with Crippen LogP contribution in [0.5, 0.6) is 17.4 Å². The van der Waals surface area contributed by atoms with Crippen LogP contribution in [-0.2, 0) is 6.42 Å². The number of fused-ring (bicyclic) bond motifs is 2. The normalized spacial score (nSPS) is 11.1. The molecule has 0 amide bonds. The van der Waals surface area contributed by atoms with Gasteiger partial charge < -0.3 is 14.2 Å². The van der Waals surface area contributed by atoms with Crippen LogP contribution in [0.25, 0.3) is 27.4 Å². The van der Waals surface area contributed by atoms with Crippen LogP contribution in [0.4, 0.5) is 0 Å². The maximum Gasteiger partial charge on any atom is 0.245 e. The van der Waals surface area contributed by atoms with Gasteiger partial charge in [0, 0.05) is 10.8 Å². The van der Waals surface area contributed by atoms with E-state index in [1.165, 1.54) is 5.56 Å². The van der Waals surface area contributed by atoms with Gasteiger partial charge in [0.05, 0.1) is 26.5 Å². The highest BCUT2D eigenvalue weighted by Crippen LogP contribution is 2.47. The summed E-state index contributed by atoms with van der Waals surface area (Å²) in [6.45, 7) is 0.550. The quantitative estimate of drug-likeness (QED) is 0.270. The van der Waals surface area contributed by atoms with Crippen molar-refractivity contribution in [3.8, 4) is 23.1 Å². The van der Waals surface area contributed by atoms with Gasteiger partial charge in [-0.05, 0) is 30.5 Å². The van der Waals surface area contributed by atoms with Crippen molar-refractivity contribution in [2.45, 2.75) is 12.8 Å². The molecule has 5 rings (SSSR count). The van der Waals surface area contributed by atoms with Gasteiger partial charge in [0.1, 0.15) is 16.7 Å². The summed E-state index contributed by atoms with van der Waals surface area (Å²) in [5.41, 5.74) is 3.06. The molecular formula is C28H26N2O3. The summed E-state index contributed by atoms with van der Waals surface area (Å²) in [7, 11) is 3.38. The van der Waals surface area contributed by atoms with Crippen LogP contribution < -0.4 is 14.2 Å². The number of ether oxygens (including phenoxy) is 3. The Morgan fingerprint density at radius 2 is 1.33 bits per heavy atom. The number of aromatic nitrogens is 2. The molecule has 0 radical (unpaired) electrons. The molecule has 0 N–H and O–H groups in total. The Morgan fingerprint density at radius 1 is 0.727 bits per heavy atom. The Kier molecular flexibility index (Phi) is 5.85. The highest BCUT2D eigenvalue weighted by molar-refractivity contribution is 6.12. The van der Waals surface area contributed by atoms with Gasteiger partial charge >= 0.3 is 0 Å². The van der Waals surface area contributed by atoms with Crippen LogP contribution in [-0.4, -0.2) is 30.6 Å². The predicted molar refractivity (Wildman–Crippen MR) is 132 cm³/mol. The molecule has 33 heavy (non-hydrogen) atoms. The standard InChI is InChI=1S/C28H26N2O3/c1-31-26-22-17-9-10-18-23(22)27(32-2)25-24(26)28(29-30(25)21-15-7-4-8-16-21)33-19-11-14-20-12-5-3-6-13-20/h3-10,12-13,15-18H,11,14,19H2,1-2H3. The first-order valence-corrected chi connectivity index (χ1v) is 11.1. The van der Waals surface area contributed by atoms with E-state index in [4.69, 9.17) is 19.3 Å². The minimum Gasteiger partial charge on any atom is -0.495 e. The van der Waals surface area contributed by atoms with Crippen LogP contribution in [0.2, 0.25) is 0 Å². The minimum atomic E-state index is 0.544. The number of hydrogen-bond donors (Lipinski definition) is 0.